The molecule has 0 bridgehead atoms. The van der Waals surface area contributed by atoms with E-state index in [1.165, 1.54) is 0 Å². The van der Waals surface area contributed by atoms with Gasteiger partial charge < -0.3 is 9.47 Å². The molecule has 8 heteroatoms. The van der Waals surface area contributed by atoms with Crippen molar-refractivity contribution in [2.45, 2.75) is 26.4 Å². The average Bonchev–Trinajstić information content (AvgIpc) is 2.85. The van der Waals surface area contributed by atoms with E-state index in [-0.39, 0.29) is 18.4 Å². The lowest BCUT2D eigenvalue weighted by Crippen LogP contribution is -2.42. The molecule has 1 aromatic rings. The predicted octanol–water partition coefficient (Wildman–Crippen LogP) is 0.771. The van der Waals surface area contributed by atoms with Crippen molar-refractivity contribution in [1.29, 1.82) is 0 Å². The Labute approximate surface area is 126 Å². The van der Waals surface area contributed by atoms with Gasteiger partial charge in [0.05, 0.1) is 32.4 Å². The Bertz CT molecular complexity index is 382. The van der Waals surface area contributed by atoms with Crippen LogP contribution in [0.25, 0.3) is 0 Å². The molecule has 20 heavy (non-hydrogen) atoms. The number of halogens is 1. The van der Waals surface area contributed by atoms with Crippen molar-refractivity contribution < 1.29 is 9.47 Å². The van der Waals surface area contributed by atoms with Gasteiger partial charge in [0.1, 0.15) is 0 Å². The number of aromatic nitrogens is 4. The zero-order chi connectivity index (χ0) is 13.7. The fourth-order valence-corrected chi connectivity index (χ4v) is 2.50. The molecule has 2 heterocycles. The second kappa shape index (κ2) is 8.51. The summed E-state index contributed by atoms with van der Waals surface area (Å²) in [5.74, 6) is 1.37. The van der Waals surface area contributed by atoms with Crippen molar-refractivity contribution in [3.8, 4) is 0 Å². The van der Waals surface area contributed by atoms with E-state index in [0.717, 1.165) is 32.1 Å². The fraction of sp³-hybridized carbons (Fsp3) is 0.917. The van der Waals surface area contributed by atoms with Gasteiger partial charge in [-0.1, -0.05) is 13.8 Å². The molecule has 1 atom stereocenters. The van der Waals surface area contributed by atoms with Crippen molar-refractivity contribution in [2.24, 2.45) is 5.92 Å². The summed E-state index contributed by atoms with van der Waals surface area (Å²) in [5, 5.41) is 12.1. The molecule has 1 saturated heterocycles. The number of methoxy groups -OCH3 is 1. The molecule has 2 rings (SSSR count). The van der Waals surface area contributed by atoms with Gasteiger partial charge in [-0.05, 0) is 16.3 Å². The van der Waals surface area contributed by atoms with Crippen LogP contribution in [0.15, 0.2) is 0 Å². The summed E-state index contributed by atoms with van der Waals surface area (Å²) >= 11 is 0. The van der Waals surface area contributed by atoms with Crippen LogP contribution in [0.2, 0.25) is 0 Å². The van der Waals surface area contributed by atoms with Crippen molar-refractivity contribution in [3.05, 3.63) is 5.82 Å². The van der Waals surface area contributed by atoms with E-state index in [1.807, 2.05) is 4.68 Å². The Morgan fingerprint density at radius 1 is 1.30 bits per heavy atom. The number of morpholine rings is 1. The zero-order valence-electron chi connectivity index (χ0n) is 12.4. The molecule has 0 amide bonds. The highest BCUT2D eigenvalue weighted by Crippen LogP contribution is 2.27. The number of rotatable bonds is 6. The van der Waals surface area contributed by atoms with Crippen LogP contribution in [-0.4, -0.2) is 65.1 Å². The van der Waals surface area contributed by atoms with Crippen molar-refractivity contribution in [1.82, 2.24) is 25.1 Å². The molecule has 1 aliphatic rings. The smallest absolute Gasteiger partial charge is 0.168 e. The van der Waals surface area contributed by atoms with Gasteiger partial charge in [-0.3, -0.25) is 4.90 Å². The molecule has 7 nitrogen and oxygen atoms in total. The SMILES string of the molecule is COCCn1nnnc1C(C(C)C)N1CCOCC1.Cl. The first-order valence-corrected chi connectivity index (χ1v) is 6.81. The van der Waals surface area contributed by atoms with Gasteiger partial charge in [0, 0.05) is 20.2 Å². The van der Waals surface area contributed by atoms with Gasteiger partial charge in [0.15, 0.2) is 5.82 Å². The van der Waals surface area contributed by atoms with Crippen LogP contribution < -0.4 is 0 Å². The van der Waals surface area contributed by atoms with Crippen LogP contribution in [-0.2, 0) is 16.0 Å². The van der Waals surface area contributed by atoms with Crippen LogP contribution in [0.5, 0.6) is 0 Å². The first-order valence-electron chi connectivity index (χ1n) is 6.81. The molecule has 1 unspecified atom stereocenters. The van der Waals surface area contributed by atoms with E-state index in [2.05, 4.69) is 34.3 Å². The molecule has 0 saturated carbocycles. The van der Waals surface area contributed by atoms with E-state index in [4.69, 9.17) is 9.47 Å². The summed E-state index contributed by atoms with van der Waals surface area (Å²) in [6, 6.07) is 0.232. The molecule has 1 aliphatic heterocycles. The summed E-state index contributed by atoms with van der Waals surface area (Å²) in [7, 11) is 1.69. The van der Waals surface area contributed by atoms with Gasteiger partial charge in [0.25, 0.3) is 0 Å². The Hall–Kier alpha value is -0.760. The number of hydrogen-bond acceptors (Lipinski definition) is 6. The highest BCUT2D eigenvalue weighted by atomic mass is 35.5. The first-order chi connectivity index (χ1) is 9.24. The Morgan fingerprint density at radius 3 is 2.60 bits per heavy atom. The third-order valence-electron chi connectivity index (χ3n) is 3.40. The van der Waals surface area contributed by atoms with Crippen LogP contribution >= 0.6 is 12.4 Å². The highest BCUT2D eigenvalue weighted by Gasteiger charge is 2.29. The molecule has 0 aromatic carbocycles. The van der Waals surface area contributed by atoms with Crippen LogP contribution in [0, 0.1) is 5.92 Å². The van der Waals surface area contributed by atoms with Gasteiger partial charge in [-0.25, -0.2) is 4.68 Å². The fourth-order valence-electron chi connectivity index (χ4n) is 2.50. The average molecular weight is 306 g/mol. The quantitative estimate of drug-likeness (QED) is 0.773. The lowest BCUT2D eigenvalue weighted by molar-refractivity contribution is 0.00196. The monoisotopic (exact) mass is 305 g/mol. The number of nitrogens with zero attached hydrogens (tertiary/aromatic N) is 5. The maximum absolute atomic E-state index is 5.42. The number of tetrazole rings is 1. The minimum atomic E-state index is 0. The Kier molecular flexibility index (Phi) is 7.36. The molecule has 0 radical (unpaired) electrons. The molecular weight excluding hydrogens is 282 g/mol. The number of hydrogen-bond donors (Lipinski definition) is 0. The van der Waals surface area contributed by atoms with E-state index < -0.39 is 0 Å². The second-order valence-corrected chi connectivity index (χ2v) is 5.09. The second-order valence-electron chi connectivity index (χ2n) is 5.09. The highest BCUT2D eigenvalue weighted by molar-refractivity contribution is 5.85. The minimum Gasteiger partial charge on any atom is -0.383 e. The van der Waals surface area contributed by atoms with Crippen LogP contribution in [0.4, 0.5) is 0 Å². The van der Waals surface area contributed by atoms with E-state index in [0.29, 0.717) is 19.1 Å². The van der Waals surface area contributed by atoms with Crippen molar-refractivity contribution in [2.75, 3.05) is 40.0 Å². The maximum Gasteiger partial charge on any atom is 0.168 e. The lowest BCUT2D eigenvalue weighted by atomic mass is 10.0. The van der Waals surface area contributed by atoms with Crippen LogP contribution in [0.3, 0.4) is 0 Å². The minimum absolute atomic E-state index is 0. The molecule has 116 valence electrons. The third-order valence-corrected chi connectivity index (χ3v) is 3.40. The molecule has 1 fully saturated rings. The molecular formula is C12H24ClN5O2. The number of ether oxygens (including phenoxy) is 2. The third kappa shape index (κ3) is 4.12. The van der Waals surface area contributed by atoms with Gasteiger partial charge in [-0.2, -0.15) is 0 Å². The summed E-state index contributed by atoms with van der Waals surface area (Å²) in [5.41, 5.74) is 0. The summed E-state index contributed by atoms with van der Waals surface area (Å²) in [6.45, 7) is 9.13. The van der Waals surface area contributed by atoms with E-state index in [9.17, 15) is 0 Å². The first kappa shape index (κ1) is 17.3. The van der Waals surface area contributed by atoms with Crippen molar-refractivity contribution >= 4 is 12.4 Å². The topological polar surface area (TPSA) is 65.3 Å². The molecule has 0 spiro atoms. The van der Waals surface area contributed by atoms with Crippen LogP contribution in [0.1, 0.15) is 25.7 Å². The molecule has 1 aromatic heterocycles. The van der Waals surface area contributed by atoms with Gasteiger partial charge in [0.2, 0.25) is 0 Å². The largest absolute Gasteiger partial charge is 0.383 e. The summed E-state index contributed by atoms with van der Waals surface area (Å²) in [4.78, 5) is 2.41. The van der Waals surface area contributed by atoms with E-state index in [1.54, 1.807) is 7.11 Å². The predicted molar refractivity (Wildman–Crippen MR) is 76.9 cm³/mol. The van der Waals surface area contributed by atoms with E-state index >= 15 is 0 Å². The Morgan fingerprint density at radius 2 is 2.00 bits per heavy atom. The molecule has 0 N–H and O–H groups in total. The normalized spacial score (nSPS) is 18.0. The zero-order valence-corrected chi connectivity index (χ0v) is 13.2. The summed E-state index contributed by atoms with van der Waals surface area (Å²) < 4.78 is 12.4. The van der Waals surface area contributed by atoms with Crippen molar-refractivity contribution in [3.63, 3.8) is 0 Å². The molecule has 0 aliphatic carbocycles. The Balaban J connectivity index is 0.00000200. The maximum atomic E-state index is 5.42. The summed E-state index contributed by atoms with van der Waals surface area (Å²) in [6.07, 6.45) is 0. The van der Waals surface area contributed by atoms with Gasteiger partial charge >= 0.3 is 0 Å². The van der Waals surface area contributed by atoms with Gasteiger partial charge in [-0.15, -0.1) is 17.5 Å². The lowest BCUT2D eigenvalue weighted by Gasteiger charge is -2.35. The standard InChI is InChI=1S/C12H23N5O2.ClH/c1-10(2)11(16-4-8-19-9-5-16)12-13-14-15-17(12)6-7-18-3;/h10-11H,4-9H2,1-3H3;1H.